The molecule has 1 unspecified atom stereocenters. The van der Waals surface area contributed by atoms with Crippen LogP contribution in [0.3, 0.4) is 0 Å². The van der Waals surface area contributed by atoms with Crippen LogP contribution in [0.5, 0.6) is 11.5 Å². The molecular weight excluding hydrogens is 444 g/mol. The zero-order valence-corrected chi connectivity index (χ0v) is 20.9. The number of nitrogens with zero attached hydrogens (tertiary/aromatic N) is 3. The third-order valence-corrected chi connectivity index (χ3v) is 7.02. The van der Waals surface area contributed by atoms with Crippen molar-refractivity contribution >= 4 is 17.5 Å². The fourth-order valence-electron chi connectivity index (χ4n) is 5.02. The molecule has 2 heterocycles. The molecular formula is C27H34N4O4. The van der Waals surface area contributed by atoms with E-state index in [4.69, 9.17) is 20.3 Å². The van der Waals surface area contributed by atoms with E-state index in [1.54, 1.807) is 19.2 Å². The first-order valence-corrected chi connectivity index (χ1v) is 12.0. The number of piperidine rings is 1. The van der Waals surface area contributed by atoms with Gasteiger partial charge in [-0.15, -0.1) is 0 Å². The van der Waals surface area contributed by atoms with Gasteiger partial charge in [-0.05, 0) is 63.0 Å². The van der Waals surface area contributed by atoms with Gasteiger partial charge in [0.15, 0.2) is 0 Å². The lowest BCUT2D eigenvalue weighted by molar-refractivity contribution is -0.134. The van der Waals surface area contributed by atoms with Crippen molar-refractivity contribution in [1.82, 2.24) is 9.91 Å². The molecule has 0 aromatic heterocycles. The maximum Gasteiger partial charge on any atom is 0.257 e. The van der Waals surface area contributed by atoms with Crippen LogP contribution in [-0.4, -0.2) is 61.3 Å². The molecule has 1 fully saturated rings. The maximum absolute atomic E-state index is 13.6. The lowest BCUT2D eigenvalue weighted by Gasteiger charge is -2.32. The highest BCUT2D eigenvalue weighted by atomic mass is 16.5. The summed E-state index contributed by atoms with van der Waals surface area (Å²) in [5.74, 6) is 0.930. The second-order valence-electron chi connectivity index (χ2n) is 9.38. The molecule has 4 rings (SSSR count). The van der Waals surface area contributed by atoms with Crippen LogP contribution < -0.4 is 15.2 Å². The number of aryl methyl sites for hydroxylation is 2. The van der Waals surface area contributed by atoms with Gasteiger partial charge in [0.1, 0.15) is 11.5 Å². The first-order chi connectivity index (χ1) is 16.8. The van der Waals surface area contributed by atoms with Crippen molar-refractivity contribution < 1.29 is 19.1 Å². The Hall–Kier alpha value is -3.39. The van der Waals surface area contributed by atoms with Gasteiger partial charge in [-0.25, -0.2) is 5.01 Å². The van der Waals surface area contributed by atoms with Crippen LogP contribution in [0.15, 0.2) is 41.5 Å². The molecule has 35 heavy (non-hydrogen) atoms. The van der Waals surface area contributed by atoms with E-state index in [1.165, 1.54) is 5.56 Å². The molecule has 1 atom stereocenters. The predicted molar refractivity (Wildman–Crippen MR) is 135 cm³/mol. The van der Waals surface area contributed by atoms with Gasteiger partial charge in [-0.3, -0.25) is 14.5 Å². The number of hydrazone groups is 1. The highest BCUT2D eigenvalue weighted by Gasteiger charge is 2.36. The van der Waals surface area contributed by atoms with Gasteiger partial charge in [0.25, 0.3) is 5.91 Å². The minimum atomic E-state index is -0.256. The molecule has 0 spiro atoms. The van der Waals surface area contributed by atoms with E-state index in [0.717, 1.165) is 22.4 Å². The summed E-state index contributed by atoms with van der Waals surface area (Å²) in [6.45, 7) is 5.73. The lowest BCUT2D eigenvalue weighted by Crippen LogP contribution is -2.44. The lowest BCUT2D eigenvalue weighted by atomic mass is 9.93. The van der Waals surface area contributed by atoms with Crippen LogP contribution in [0.2, 0.25) is 0 Å². The Morgan fingerprint density at radius 3 is 2.43 bits per heavy atom. The van der Waals surface area contributed by atoms with Crippen molar-refractivity contribution in [3.05, 3.63) is 58.7 Å². The van der Waals surface area contributed by atoms with Crippen LogP contribution in [0.4, 0.5) is 0 Å². The van der Waals surface area contributed by atoms with E-state index < -0.39 is 0 Å². The van der Waals surface area contributed by atoms with Gasteiger partial charge in [0.05, 0.1) is 32.5 Å². The number of amides is 2. The molecule has 2 aromatic rings. The normalized spacial score (nSPS) is 18.9. The topological polar surface area (TPSA) is 97.5 Å². The number of hydrogen-bond acceptors (Lipinski definition) is 6. The quantitative estimate of drug-likeness (QED) is 0.659. The summed E-state index contributed by atoms with van der Waals surface area (Å²) in [6, 6.07) is 11.7. The number of carbonyl (C=O) groups excluding carboxylic acids is 2. The minimum absolute atomic E-state index is 0.0602. The second-order valence-corrected chi connectivity index (χ2v) is 9.38. The molecule has 2 aliphatic rings. The SMILES string of the molecule is COc1ccc(C2=NN(C(=O)CN3CCC(C(N)=O)CC3)C(c3ccc(C)cc3C)C2)c(OC)c1. The van der Waals surface area contributed by atoms with Gasteiger partial charge in [0, 0.05) is 24.0 Å². The Kier molecular flexibility index (Phi) is 7.40. The smallest absolute Gasteiger partial charge is 0.257 e. The fraction of sp³-hybridized carbons (Fsp3) is 0.444. The molecule has 2 amide bonds. The predicted octanol–water partition coefficient (Wildman–Crippen LogP) is 3.20. The Balaban J connectivity index is 1.62. The van der Waals surface area contributed by atoms with E-state index in [2.05, 4.69) is 36.9 Å². The Bertz CT molecular complexity index is 1140. The summed E-state index contributed by atoms with van der Waals surface area (Å²) in [5, 5.41) is 6.47. The van der Waals surface area contributed by atoms with Crippen LogP contribution in [-0.2, 0) is 9.59 Å². The number of benzene rings is 2. The maximum atomic E-state index is 13.6. The first-order valence-electron chi connectivity index (χ1n) is 12.0. The van der Waals surface area contributed by atoms with Gasteiger partial charge < -0.3 is 15.2 Å². The van der Waals surface area contributed by atoms with E-state index >= 15 is 0 Å². The third kappa shape index (κ3) is 5.32. The summed E-state index contributed by atoms with van der Waals surface area (Å²) in [4.78, 5) is 27.1. The summed E-state index contributed by atoms with van der Waals surface area (Å²) >= 11 is 0. The Morgan fingerprint density at radius 2 is 1.80 bits per heavy atom. The van der Waals surface area contributed by atoms with Crippen LogP contribution in [0.25, 0.3) is 0 Å². The van der Waals surface area contributed by atoms with Crippen molar-refractivity contribution in [2.24, 2.45) is 16.8 Å². The van der Waals surface area contributed by atoms with E-state index in [-0.39, 0.29) is 30.3 Å². The molecule has 0 aliphatic carbocycles. The van der Waals surface area contributed by atoms with Gasteiger partial charge in [-0.2, -0.15) is 5.10 Å². The van der Waals surface area contributed by atoms with Gasteiger partial charge in [0.2, 0.25) is 5.91 Å². The average Bonchev–Trinajstić information content (AvgIpc) is 3.29. The fourth-order valence-corrected chi connectivity index (χ4v) is 5.02. The average molecular weight is 479 g/mol. The largest absolute Gasteiger partial charge is 0.497 e. The number of hydrogen-bond donors (Lipinski definition) is 1. The molecule has 0 saturated carbocycles. The van der Waals surface area contributed by atoms with Crippen molar-refractivity contribution in [3.8, 4) is 11.5 Å². The van der Waals surface area contributed by atoms with E-state index in [0.29, 0.717) is 43.9 Å². The molecule has 0 radical (unpaired) electrons. The Morgan fingerprint density at radius 1 is 1.06 bits per heavy atom. The third-order valence-electron chi connectivity index (χ3n) is 7.02. The number of primary amides is 1. The van der Waals surface area contributed by atoms with Gasteiger partial charge in [-0.1, -0.05) is 23.8 Å². The zero-order chi connectivity index (χ0) is 25.1. The monoisotopic (exact) mass is 478 g/mol. The molecule has 2 aliphatic heterocycles. The van der Waals surface area contributed by atoms with E-state index in [9.17, 15) is 9.59 Å². The highest BCUT2D eigenvalue weighted by Crippen LogP contribution is 2.37. The number of nitrogens with two attached hydrogens (primary N) is 1. The van der Waals surface area contributed by atoms with Crippen LogP contribution in [0.1, 0.15) is 47.6 Å². The van der Waals surface area contributed by atoms with Crippen LogP contribution in [0, 0.1) is 19.8 Å². The van der Waals surface area contributed by atoms with Crippen LogP contribution >= 0.6 is 0 Å². The first kappa shape index (κ1) is 24.7. The number of carbonyl (C=O) groups is 2. The number of likely N-dealkylation sites (tertiary alicyclic amines) is 1. The molecule has 8 heteroatoms. The van der Waals surface area contributed by atoms with Crippen molar-refractivity contribution in [3.63, 3.8) is 0 Å². The highest BCUT2D eigenvalue weighted by molar-refractivity contribution is 6.05. The standard InChI is InChI=1S/C27H34N4O4/c1-17-5-7-21(18(2)13-17)24-15-23(22-8-6-20(34-3)14-25(22)35-4)29-31(24)26(32)16-30-11-9-19(10-12-30)27(28)33/h5-8,13-14,19,24H,9-12,15-16H2,1-4H3,(H2,28,33). The zero-order valence-electron chi connectivity index (χ0n) is 20.9. The summed E-state index contributed by atoms with van der Waals surface area (Å²) in [7, 11) is 3.23. The summed E-state index contributed by atoms with van der Waals surface area (Å²) < 4.78 is 11.0. The number of rotatable bonds is 7. The summed E-state index contributed by atoms with van der Waals surface area (Å²) in [5.41, 5.74) is 10.5. The number of ether oxygens (including phenoxy) is 2. The van der Waals surface area contributed by atoms with Gasteiger partial charge >= 0.3 is 0 Å². The molecule has 2 aromatic carbocycles. The minimum Gasteiger partial charge on any atom is -0.497 e. The van der Waals surface area contributed by atoms with E-state index in [1.807, 2.05) is 18.2 Å². The van der Waals surface area contributed by atoms with Crippen molar-refractivity contribution in [2.45, 2.75) is 39.2 Å². The molecule has 186 valence electrons. The molecule has 0 bridgehead atoms. The Labute approximate surface area is 206 Å². The van der Waals surface area contributed by atoms with Crippen molar-refractivity contribution in [1.29, 1.82) is 0 Å². The molecule has 8 nitrogen and oxygen atoms in total. The molecule has 1 saturated heterocycles. The number of methoxy groups -OCH3 is 2. The van der Waals surface area contributed by atoms with Crippen molar-refractivity contribution in [2.75, 3.05) is 33.9 Å². The molecule has 2 N–H and O–H groups in total. The second kappa shape index (κ2) is 10.5. The summed E-state index contributed by atoms with van der Waals surface area (Å²) in [6.07, 6.45) is 1.95.